The van der Waals surface area contributed by atoms with Crippen molar-refractivity contribution in [2.45, 2.75) is 274 Å². The number of ether oxygens (including phenoxy) is 6. The minimum absolute atomic E-state index is 0.0124. The van der Waals surface area contributed by atoms with Crippen LogP contribution in [0.4, 0.5) is 38.4 Å². The van der Waals surface area contributed by atoms with Gasteiger partial charge in [-0.25, -0.2) is 67.3 Å². The summed E-state index contributed by atoms with van der Waals surface area (Å²) in [5, 5.41) is 17.6. The van der Waals surface area contributed by atoms with Crippen LogP contribution >= 0.6 is 0 Å². The van der Waals surface area contributed by atoms with Gasteiger partial charge in [0.15, 0.2) is 0 Å². The number of carbonyl (C=O) groups excluding carboxylic acids is 12. The molecule has 0 saturated heterocycles. The number of esters is 4. The molecule has 6 N–H and O–H groups in total. The fourth-order valence-corrected chi connectivity index (χ4v) is 10.6. The van der Waals surface area contributed by atoms with Gasteiger partial charge in [-0.1, -0.05) is 105 Å². The molecule has 0 bridgehead atoms. The van der Waals surface area contributed by atoms with E-state index in [0.29, 0.717) is 142 Å². The van der Waals surface area contributed by atoms with Gasteiger partial charge in [0.2, 0.25) is 0 Å². The molecule has 0 rings (SSSR count). The minimum atomic E-state index is -0.863. The van der Waals surface area contributed by atoms with Gasteiger partial charge in [-0.15, -0.1) is 0 Å². The number of nitrogens with one attached hydrogen (secondary N) is 6. The Kier molecular flexibility index (Phi) is 51.4. The molecule has 14 amide bonds. The van der Waals surface area contributed by atoms with Gasteiger partial charge in [0.1, 0.15) is 26.4 Å². The Bertz CT molecular complexity index is 2730. The lowest BCUT2D eigenvalue weighted by Crippen LogP contribution is -2.53. The second-order valence-electron chi connectivity index (χ2n) is 30.2. The fraction of sp³-hybridized carbons (Fsp3) is 0.750. The molecule has 0 aromatic heterocycles. The average Bonchev–Trinajstić information content (AvgIpc) is 0.866. The molecule has 0 heterocycles. The first-order chi connectivity index (χ1) is 51.8. The van der Waals surface area contributed by atoms with Crippen molar-refractivity contribution in [2.24, 2.45) is 0 Å². The van der Waals surface area contributed by atoms with Gasteiger partial charge in [-0.3, -0.25) is 0 Å². The number of imide groups is 2. The first kappa shape index (κ1) is 101. The van der Waals surface area contributed by atoms with E-state index in [1.54, 1.807) is 47.3 Å². The van der Waals surface area contributed by atoms with Crippen molar-refractivity contribution in [1.29, 1.82) is 0 Å². The Labute approximate surface area is 657 Å². The molecule has 0 unspecified atom stereocenters. The van der Waals surface area contributed by atoms with Crippen LogP contribution in [-0.2, 0) is 47.6 Å². The van der Waals surface area contributed by atoms with Gasteiger partial charge in [-0.2, -0.15) is 0 Å². The molecule has 30 heteroatoms. The number of unbranched alkanes of at least 4 members (excludes halogenated alkanes) is 13. The number of hydrogen-bond acceptors (Lipinski definition) is 18. The van der Waals surface area contributed by atoms with E-state index in [9.17, 15) is 57.5 Å². The summed E-state index contributed by atoms with van der Waals surface area (Å²) >= 11 is 0. The number of rotatable bonds is 57. The number of hydrogen-bond donors (Lipinski definition) is 6. The number of nitrogens with zero attached hydrogens (tertiary/aromatic N) is 6. The average molecular weight is 1560 g/mol. The smallest absolute Gasteiger partial charge is 0.417 e. The van der Waals surface area contributed by atoms with Crippen LogP contribution in [0.25, 0.3) is 0 Å². The van der Waals surface area contributed by atoms with E-state index in [0.717, 1.165) is 22.6 Å². The van der Waals surface area contributed by atoms with Crippen molar-refractivity contribution in [3.8, 4) is 0 Å². The first-order valence-corrected chi connectivity index (χ1v) is 39.8. The number of amides is 14. The van der Waals surface area contributed by atoms with E-state index in [1.807, 2.05) is 83.1 Å². The zero-order chi connectivity index (χ0) is 83.5. The van der Waals surface area contributed by atoms with Crippen LogP contribution in [0.2, 0.25) is 0 Å². The van der Waals surface area contributed by atoms with Gasteiger partial charge < -0.3 is 79.9 Å². The highest BCUT2D eigenvalue weighted by Crippen LogP contribution is 2.23. The van der Waals surface area contributed by atoms with Crippen molar-refractivity contribution < 1.29 is 86.0 Å². The summed E-state index contributed by atoms with van der Waals surface area (Å²) in [5.74, 6) is -2.10. The van der Waals surface area contributed by atoms with E-state index in [1.165, 1.54) is 0 Å². The highest BCUT2D eigenvalue weighted by atomic mass is 16.6. The molecule has 0 radical (unpaired) electrons. The highest BCUT2D eigenvalue weighted by molar-refractivity contribution is 5.92. The maximum Gasteiger partial charge on any atom is 0.417 e. The summed E-state index contributed by atoms with van der Waals surface area (Å²) in [4.78, 5) is 165. The second kappa shape index (κ2) is 55.7. The summed E-state index contributed by atoms with van der Waals surface area (Å²) in [6, 6.07) is -2.41. The zero-order valence-corrected chi connectivity index (χ0v) is 70.1. The predicted octanol–water partition coefficient (Wildman–Crippen LogP) is 13.6. The Morgan fingerprint density at radius 2 is 0.445 bits per heavy atom. The summed E-state index contributed by atoms with van der Waals surface area (Å²) in [6.45, 7) is 46.9. The fourth-order valence-electron chi connectivity index (χ4n) is 10.6. The highest BCUT2D eigenvalue weighted by Gasteiger charge is 2.34. The predicted molar refractivity (Wildman–Crippen MR) is 427 cm³/mol. The quantitative estimate of drug-likeness (QED) is 0.0143. The van der Waals surface area contributed by atoms with Crippen LogP contribution in [0.1, 0.15) is 252 Å². The SMILES string of the molecule is C=C(C)C(=O)OCCN(C(=O)NCCCCCCNC(=O)N(CCCCCCNC(=O)N(CCOC(=O)C(=C)C)C(C)(C)CC)C(=O)OCCCCOC(=O)N(CCCCCCNC(=O)N(CCOC(=O)C(=C)C)C(C)(C)CC)C(=O)NCCCCCCNC(=O)N(CCOC(=O)C(=C)C)C(C)(C)CC)C(C)(C)CC. The Balaban J connectivity index is 6.02. The Hall–Kier alpha value is -8.60. The first-order valence-electron chi connectivity index (χ1n) is 39.8. The van der Waals surface area contributed by atoms with Gasteiger partial charge in [0.25, 0.3) is 0 Å². The van der Waals surface area contributed by atoms with Crippen LogP contribution in [0, 0.1) is 0 Å². The Morgan fingerprint density at radius 1 is 0.255 bits per heavy atom. The molecule has 0 atom stereocenters. The molecule has 0 fully saturated rings. The molecule has 30 nitrogen and oxygen atoms in total. The topological polar surface area (TPSA) is 352 Å². The molecular weight excluding hydrogens is 1420 g/mol. The van der Waals surface area contributed by atoms with E-state index in [4.69, 9.17) is 28.4 Å². The Morgan fingerprint density at radius 3 is 0.636 bits per heavy atom. The largest absolute Gasteiger partial charge is 0.460 e. The second-order valence-corrected chi connectivity index (χ2v) is 30.2. The minimum Gasteiger partial charge on any atom is -0.460 e. The molecule has 630 valence electrons. The lowest BCUT2D eigenvalue weighted by atomic mass is 9.99. The van der Waals surface area contributed by atoms with Crippen molar-refractivity contribution in [3.05, 3.63) is 48.6 Å². The lowest BCUT2D eigenvalue weighted by molar-refractivity contribution is -0.140. The van der Waals surface area contributed by atoms with Crippen molar-refractivity contribution in [1.82, 2.24) is 61.3 Å². The third-order valence-corrected chi connectivity index (χ3v) is 19.4. The molecule has 0 saturated carbocycles. The van der Waals surface area contributed by atoms with Gasteiger partial charge in [0.05, 0.1) is 39.4 Å². The number of carbonyl (C=O) groups is 12. The summed E-state index contributed by atoms with van der Waals surface area (Å²) in [5.41, 5.74) is -0.960. The standard InChI is InChI=1S/C80H142N12O18/c1-21-77(13,14)89(51-57-105-65(93)61(5)6)71(99)83-45-35-27-25-33-43-81-69(97)87(49-39-31-29-37-47-85-73(101)91(79(17,18)23-3)53-59-107-67(95)63(9)10)75(103)109-55-41-42-56-110-76(104)88(50-40-32-30-38-48-86-74(102)92(80(19,20)24-4)54-60-108-68(96)64(11)12)70(98)82-44-34-26-28-36-46-84-72(100)90(78(15,16)22-2)52-58-106-66(94)62(7)8/h5,7,9,11,21-60H2,1-4,6,8,10,12-20H3,(H,81,97)(H,82,98)(H,83,99)(H,84,100)(H,85,101)(H,86,102). The molecule has 110 heavy (non-hydrogen) atoms. The van der Waals surface area contributed by atoms with Crippen molar-refractivity contribution in [2.75, 3.05) is 118 Å². The number of urea groups is 6. The van der Waals surface area contributed by atoms with Crippen molar-refractivity contribution >= 4 is 72.3 Å². The van der Waals surface area contributed by atoms with Gasteiger partial charge >= 0.3 is 72.3 Å². The van der Waals surface area contributed by atoms with Crippen LogP contribution in [0.3, 0.4) is 0 Å². The van der Waals surface area contributed by atoms with E-state index < -0.39 is 70.3 Å². The zero-order valence-electron chi connectivity index (χ0n) is 70.1. The van der Waals surface area contributed by atoms with Crippen LogP contribution in [-0.4, -0.2) is 242 Å². The molecule has 0 spiro atoms. The maximum atomic E-state index is 13.7. The van der Waals surface area contributed by atoms with Gasteiger partial charge in [0, 0.05) is 96.8 Å². The van der Waals surface area contributed by atoms with Crippen LogP contribution < -0.4 is 31.9 Å². The normalized spacial score (nSPS) is 11.3. The maximum absolute atomic E-state index is 13.7. The molecule has 0 aromatic carbocycles. The molecule has 0 aliphatic heterocycles. The molecule has 0 aromatic rings. The van der Waals surface area contributed by atoms with Gasteiger partial charge in [-0.05, 0) is 173 Å². The van der Waals surface area contributed by atoms with E-state index in [-0.39, 0.29) is 151 Å². The van der Waals surface area contributed by atoms with E-state index in [2.05, 4.69) is 58.2 Å². The summed E-state index contributed by atoms with van der Waals surface area (Å²) in [7, 11) is 0. The molecular formula is C80H142N12O18. The van der Waals surface area contributed by atoms with Crippen LogP contribution in [0.15, 0.2) is 48.6 Å². The van der Waals surface area contributed by atoms with Crippen LogP contribution in [0.5, 0.6) is 0 Å². The van der Waals surface area contributed by atoms with E-state index >= 15 is 0 Å². The monoisotopic (exact) mass is 1560 g/mol. The van der Waals surface area contributed by atoms with Crippen molar-refractivity contribution in [3.63, 3.8) is 0 Å². The third kappa shape index (κ3) is 42.5. The molecule has 0 aliphatic carbocycles. The third-order valence-electron chi connectivity index (χ3n) is 19.4. The lowest BCUT2D eigenvalue weighted by Gasteiger charge is -2.38. The molecule has 0 aliphatic rings. The summed E-state index contributed by atoms with van der Waals surface area (Å²) < 4.78 is 32.3. The summed E-state index contributed by atoms with van der Waals surface area (Å²) in [6.07, 6.45) is 11.5.